The first-order chi connectivity index (χ1) is 8.27. The predicted molar refractivity (Wildman–Crippen MR) is 69.5 cm³/mol. The first kappa shape index (κ1) is 11.5. The Kier molecular flexibility index (Phi) is 3.33. The molecular weight excluding hydrogens is 212 g/mol. The van der Waals surface area contributed by atoms with E-state index in [-0.39, 0.29) is 0 Å². The first-order valence-corrected chi connectivity index (χ1v) is 5.72. The van der Waals surface area contributed by atoms with Gasteiger partial charge in [-0.3, -0.25) is 0 Å². The van der Waals surface area contributed by atoms with Crippen LogP contribution in [0.1, 0.15) is 12.5 Å². The topological polar surface area (TPSA) is 29.5 Å². The molecule has 0 aromatic heterocycles. The van der Waals surface area contributed by atoms with Gasteiger partial charge >= 0.3 is 0 Å². The molecule has 2 heteroatoms. The summed E-state index contributed by atoms with van der Waals surface area (Å²) in [6, 6.07) is 13.7. The first-order valence-electron chi connectivity index (χ1n) is 5.72. The molecule has 17 heavy (non-hydrogen) atoms. The van der Waals surface area contributed by atoms with Crippen LogP contribution in [0.2, 0.25) is 0 Å². The number of phenols is 1. The fraction of sp³-hybridized carbons (Fsp3) is 0.200. The summed E-state index contributed by atoms with van der Waals surface area (Å²) in [7, 11) is 1.62. The minimum Gasteiger partial charge on any atom is -0.507 e. The van der Waals surface area contributed by atoms with Gasteiger partial charge in [0.2, 0.25) is 0 Å². The van der Waals surface area contributed by atoms with Gasteiger partial charge in [0, 0.05) is 11.1 Å². The molecule has 0 heterocycles. The number of ether oxygens (including phenoxy) is 1. The zero-order chi connectivity index (χ0) is 12.3. The zero-order valence-corrected chi connectivity index (χ0v) is 10.1. The lowest BCUT2D eigenvalue weighted by molar-refractivity contribution is 0.401. The van der Waals surface area contributed by atoms with Crippen molar-refractivity contribution in [3.05, 3.63) is 48.0 Å². The van der Waals surface area contributed by atoms with Crippen molar-refractivity contribution in [2.45, 2.75) is 13.3 Å². The Morgan fingerprint density at radius 1 is 1.06 bits per heavy atom. The van der Waals surface area contributed by atoms with Crippen LogP contribution in [0.25, 0.3) is 11.1 Å². The molecule has 0 atom stereocenters. The average Bonchev–Trinajstić information content (AvgIpc) is 2.39. The lowest BCUT2D eigenvalue weighted by Crippen LogP contribution is -1.92. The summed E-state index contributed by atoms with van der Waals surface area (Å²) in [4.78, 5) is 0. The molecule has 0 bridgehead atoms. The maximum absolute atomic E-state index is 10.3. The van der Waals surface area contributed by atoms with Crippen molar-refractivity contribution < 1.29 is 9.84 Å². The Labute approximate surface area is 101 Å². The van der Waals surface area contributed by atoms with Crippen LogP contribution < -0.4 is 4.74 Å². The summed E-state index contributed by atoms with van der Waals surface area (Å²) in [5, 5.41) is 10.3. The van der Waals surface area contributed by atoms with Crippen LogP contribution in [0.3, 0.4) is 0 Å². The van der Waals surface area contributed by atoms with E-state index in [0.717, 1.165) is 28.9 Å². The van der Waals surface area contributed by atoms with Gasteiger partial charge in [-0.25, -0.2) is 0 Å². The third kappa shape index (κ3) is 2.11. The summed E-state index contributed by atoms with van der Waals surface area (Å²) in [5.41, 5.74) is 2.72. The standard InChI is InChI=1S/C15H16O2/c1-3-12-14(17-2)10-9-13(15(12)16)11-7-5-4-6-8-11/h4-10,16H,3H2,1-2H3. The van der Waals surface area contributed by atoms with Crippen LogP contribution in [-0.2, 0) is 6.42 Å². The van der Waals surface area contributed by atoms with Gasteiger partial charge in [0.15, 0.2) is 0 Å². The molecule has 0 spiro atoms. The summed E-state index contributed by atoms with van der Waals surface area (Å²) in [6.07, 6.45) is 0.746. The largest absolute Gasteiger partial charge is 0.507 e. The molecule has 0 amide bonds. The Morgan fingerprint density at radius 3 is 2.35 bits per heavy atom. The summed E-state index contributed by atoms with van der Waals surface area (Å²) >= 11 is 0. The number of aromatic hydroxyl groups is 1. The van der Waals surface area contributed by atoms with Crippen molar-refractivity contribution in [2.24, 2.45) is 0 Å². The fourth-order valence-electron chi connectivity index (χ4n) is 2.00. The Hall–Kier alpha value is -1.96. The van der Waals surface area contributed by atoms with E-state index < -0.39 is 0 Å². The second-order valence-corrected chi connectivity index (χ2v) is 3.86. The highest BCUT2D eigenvalue weighted by molar-refractivity contribution is 5.73. The molecule has 0 aliphatic rings. The Bertz CT molecular complexity index is 504. The van der Waals surface area contributed by atoms with Gasteiger partial charge in [-0.2, -0.15) is 0 Å². The maximum atomic E-state index is 10.3. The minimum atomic E-state index is 0.318. The molecule has 0 aliphatic heterocycles. The van der Waals surface area contributed by atoms with E-state index in [1.165, 1.54) is 0 Å². The number of hydrogen-bond donors (Lipinski definition) is 1. The van der Waals surface area contributed by atoms with E-state index in [1.807, 2.05) is 49.4 Å². The number of rotatable bonds is 3. The third-order valence-electron chi connectivity index (χ3n) is 2.90. The number of phenolic OH excluding ortho intramolecular Hbond substituents is 1. The van der Waals surface area contributed by atoms with Crippen LogP contribution in [0.5, 0.6) is 11.5 Å². The second kappa shape index (κ2) is 4.91. The SMILES string of the molecule is CCc1c(OC)ccc(-c2ccccc2)c1O. The molecule has 0 saturated heterocycles. The monoisotopic (exact) mass is 228 g/mol. The van der Waals surface area contributed by atoms with E-state index in [1.54, 1.807) is 7.11 Å². The van der Waals surface area contributed by atoms with E-state index >= 15 is 0 Å². The van der Waals surface area contributed by atoms with E-state index in [4.69, 9.17) is 4.74 Å². The van der Waals surface area contributed by atoms with Gasteiger partial charge in [0.05, 0.1) is 7.11 Å². The van der Waals surface area contributed by atoms with Crippen molar-refractivity contribution in [3.63, 3.8) is 0 Å². The molecule has 0 fully saturated rings. The van der Waals surface area contributed by atoms with Gasteiger partial charge in [0.25, 0.3) is 0 Å². The third-order valence-corrected chi connectivity index (χ3v) is 2.90. The van der Waals surface area contributed by atoms with Crippen LogP contribution in [0, 0.1) is 0 Å². The fourth-order valence-corrected chi connectivity index (χ4v) is 2.00. The van der Waals surface area contributed by atoms with Crippen LogP contribution >= 0.6 is 0 Å². The van der Waals surface area contributed by atoms with Gasteiger partial charge in [-0.1, -0.05) is 37.3 Å². The number of benzene rings is 2. The highest BCUT2D eigenvalue weighted by atomic mass is 16.5. The highest BCUT2D eigenvalue weighted by Crippen LogP contribution is 2.37. The number of hydrogen-bond acceptors (Lipinski definition) is 2. The number of methoxy groups -OCH3 is 1. The van der Waals surface area contributed by atoms with Crippen molar-refractivity contribution in [1.82, 2.24) is 0 Å². The van der Waals surface area contributed by atoms with Gasteiger partial charge in [0.1, 0.15) is 11.5 Å². The maximum Gasteiger partial charge on any atom is 0.130 e. The lowest BCUT2D eigenvalue weighted by atomic mass is 9.99. The second-order valence-electron chi connectivity index (χ2n) is 3.86. The molecule has 0 unspecified atom stereocenters. The van der Waals surface area contributed by atoms with Crippen molar-refractivity contribution in [3.8, 4) is 22.6 Å². The Balaban J connectivity index is 2.57. The quantitative estimate of drug-likeness (QED) is 0.869. The van der Waals surface area contributed by atoms with Crippen LogP contribution in [-0.4, -0.2) is 12.2 Å². The van der Waals surface area contributed by atoms with E-state index in [2.05, 4.69) is 0 Å². The molecule has 2 aromatic rings. The minimum absolute atomic E-state index is 0.318. The van der Waals surface area contributed by atoms with Crippen molar-refractivity contribution >= 4 is 0 Å². The molecule has 2 aromatic carbocycles. The average molecular weight is 228 g/mol. The van der Waals surface area contributed by atoms with Gasteiger partial charge in [-0.05, 0) is 24.1 Å². The molecule has 1 N–H and O–H groups in total. The van der Waals surface area contributed by atoms with Crippen molar-refractivity contribution in [2.75, 3.05) is 7.11 Å². The molecular formula is C15H16O2. The lowest BCUT2D eigenvalue weighted by Gasteiger charge is -2.12. The summed E-state index contributed by atoms with van der Waals surface area (Å²) in [6.45, 7) is 2.01. The highest BCUT2D eigenvalue weighted by Gasteiger charge is 2.12. The van der Waals surface area contributed by atoms with Gasteiger partial charge in [-0.15, -0.1) is 0 Å². The summed E-state index contributed by atoms with van der Waals surface area (Å²) in [5.74, 6) is 1.06. The Morgan fingerprint density at radius 2 is 1.76 bits per heavy atom. The molecule has 0 aliphatic carbocycles. The van der Waals surface area contributed by atoms with Crippen molar-refractivity contribution in [1.29, 1.82) is 0 Å². The predicted octanol–water partition coefficient (Wildman–Crippen LogP) is 3.63. The van der Waals surface area contributed by atoms with Crippen LogP contribution in [0.15, 0.2) is 42.5 Å². The van der Waals surface area contributed by atoms with E-state index in [9.17, 15) is 5.11 Å². The zero-order valence-electron chi connectivity index (χ0n) is 10.1. The molecule has 88 valence electrons. The normalized spacial score (nSPS) is 10.2. The molecule has 2 nitrogen and oxygen atoms in total. The smallest absolute Gasteiger partial charge is 0.130 e. The molecule has 0 radical (unpaired) electrons. The van der Waals surface area contributed by atoms with E-state index in [0.29, 0.717) is 5.75 Å². The van der Waals surface area contributed by atoms with Crippen LogP contribution in [0.4, 0.5) is 0 Å². The molecule has 2 rings (SSSR count). The van der Waals surface area contributed by atoms with Gasteiger partial charge < -0.3 is 9.84 Å². The summed E-state index contributed by atoms with van der Waals surface area (Å²) < 4.78 is 5.25. The molecule has 0 saturated carbocycles.